The van der Waals surface area contributed by atoms with E-state index in [9.17, 15) is 27.2 Å². The molecule has 0 aliphatic heterocycles. The maximum Gasteiger partial charge on any atom is 0.416 e. The molecular weight excluding hydrogens is 445 g/mol. The Kier molecular flexibility index (Phi) is 5.68. The summed E-state index contributed by atoms with van der Waals surface area (Å²) in [5, 5.41) is 8.99. The predicted octanol–water partition coefficient (Wildman–Crippen LogP) is 3.85. The molecule has 0 amide bonds. The van der Waals surface area contributed by atoms with E-state index in [0.29, 0.717) is 26.9 Å². The summed E-state index contributed by atoms with van der Waals surface area (Å²) in [7, 11) is 0. The zero-order valence-corrected chi connectivity index (χ0v) is 15.1. The van der Waals surface area contributed by atoms with Crippen molar-refractivity contribution in [1.29, 1.82) is 5.26 Å². The van der Waals surface area contributed by atoms with E-state index in [2.05, 4.69) is 0 Å². The van der Waals surface area contributed by atoms with Gasteiger partial charge in [-0.05, 0) is 18.2 Å². The second-order valence-electron chi connectivity index (χ2n) is 4.61. The highest BCUT2D eigenvalue weighted by molar-refractivity contribution is 8.03. The number of hydrogen-bond donors (Lipinski definition) is 0. The monoisotopic (exact) mass is 447 g/mol. The van der Waals surface area contributed by atoms with Crippen LogP contribution in [0.25, 0.3) is 5.69 Å². The molecule has 13 heteroatoms. The molecule has 0 fully saturated rings. The highest BCUT2D eigenvalue weighted by atomic mass is 35.6. The second-order valence-corrected chi connectivity index (χ2v) is 8.72. The van der Waals surface area contributed by atoms with E-state index < -0.39 is 43.2 Å². The molecule has 0 bridgehead atoms. The van der Waals surface area contributed by atoms with Crippen LogP contribution in [0.1, 0.15) is 11.1 Å². The van der Waals surface area contributed by atoms with Crippen LogP contribution in [-0.4, -0.2) is 11.7 Å². The van der Waals surface area contributed by atoms with Crippen LogP contribution in [-0.2, 0) is 6.18 Å². The number of alkyl halides is 6. The van der Waals surface area contributed by atoms with Gasteiger partial charge in [0.1, 0.15) is 17.4 Å². The minimum absolute atomic E-state index is 0.119. The smallest absolute Gasteiger partial charge is 0.267 e. The molecule has 2 rings (SSSR count). The molecule has 2 aromatic rings. The van der Waals surface area contributed by atoms with Crippen molar-refractivity contribution in [2.24, 2.45) is 0 Å². The van der Waals surface area contributed by atoms with Gasteiger partial charge in [0.25, 0.3) is 8.68 Å². The number of benzene rings is 1. The van der Waals surface area contributed by atoms with Crippen LogP contribution < -0.4 is 11.2 Å². The quantitative estimate of drug-likeness (QED) is 0.517. The van der Waals surface area contributed by atoms with Crippen molar-refractivity contribution in [3.63, 3.8) is 0 Å². The molecule has 138 valence electrons. The third kappa shape index (κ3) is 4.35. The second kappa shape index (κ2) is 7.15. The van der Waals surface area contributed by atoms with Gasteiger partial charge in [-0.2, -0.15) is 22.4 Å². The van der Waals surface area contributed by atoms with E-state index in [1.165, 1.54) is 6.07 Å². The Morgan fingerprint density at radius 1 is 1.15 bits per heavy atom. The molecular formula is C13H4Cl3F4N3O2S. The third-order valence-electron chi connectivity index (χ3n) is 2.90. The number of hydrogen-bond acceptors (Lipinski definition) is 4. The van der Waals surface area contributed by atoms with Gasteiger partial charge in [0.15, 0.2) is 0 Å². The van der Waals surface area contributed by atoms with Gasteiger partial charge in [0.2, 0.25) is 0 Å². The van der Waals surface area contributed by atoms with Crippen LogP contribution >= 0.6 is 46.8 Å². The first-order valence-electron chi connectivity index (χ1n) is 6.27. The minimum atomic E-state index is -4.80. The van der Waals surface area contributed by atoms with Gasteiger partial charge in [-0.15, -0.1) is 0 Å². The summed E-state index contributed by atoms with van der Waals surface area (Å²) in [6.07, 6.45) is -4.11. The van der Waals surface area contributed by atoms with Crippen molar-refractivity contribution in [1.82, 2.24) is 8.54 Å². The Labute approximate surface area is 161 Å². The van der Waals surface area contributed by atoms with Gasteiger partial charge in [-0.3, -0.25) is 9.36 Å². The number of rotatable bonds is 2. The fraction of sp³-hybridized carbons (Fsp3) is 0.154. The van der Waals surface area contributed by atoms with E-state index in [4.69, 9.17) is 40.1 Å². The summed E-state index contributed by atoms with van der Waals surface area (Å²) in [4.78, 5) is 24.4. The number of halogens is 7. The van der Waals surface area contributed by atoms with Crippen LogP contribution in [0, 0.1) is 17.1 Å². The van der Waals surface area contributed by atoms with E-state index in [1.54, 1.807) is 0 Å². The van der Waals surface area contributed by atoms with E-state index in [1.807, 2.05) is 0 Å². The Morgan fingerprint density at radius 2 is 1.77 bits per heavy atom. The number of aromatic nitrogens is 2. The van der Waals surface area contributed by atoms with E-state index in [0.717, 1.165) is 0 Å². The minimum Gasteiger partial charge on any atom is -0.267 e. The summed E-state index contributed by atoms with van der Waals surface area (Å²) in [5.74, 6) is -1.41. The average molecular weight is 449 g/mol. The maximum absolute atomic E-state index is 14.1. The Hall–Kier alpha value is -1.67. The van der Waals surface area contributed by atoms with Gasteiger partial charge in [0.05, 0.1) is 11.3 Å². The van der Waals surface area contributed by atoms with Crippen LogP contribution in [0.3, 0.4) is 0 Å². The molecule has 0 aliphatic rings. The number of nitrogens with zero attached hydrogens (tertiary/aromatic N) is 3. The maximum atomic E-state index is 14.1. The fourth-order valence-electron chi connectivity index (χ4n) is 1.85. The standard InChI is InChI=1S/C13H4Cl3F4N3O2S/c14-13(15,16)26-23-10(24)6(4-21)5-22(11(23)25)9-2-1-7(3-8(9)17)12(18,19)20/h1-3,5H. The average Bonchev–Trinajstić information content (AvgIpc) is 2.50. The summed E-state index contributed by atoms with van der Waals surface area (Å²) in [6, 6.07) is 2.86. The van der Waals surface area contributed by atoms with Gasteiger partial charge >= 0.3 is 11.9 Å². The topological polar surface area (TPSA) is 67.8 Å². The molecule has 0 unspecified atom stereocenters. The molecule has 0 N–H and O–H groups in total. The predicted molar refractivity (Wildman–Crippen MR) is 89.3 cm³/mol. The lowest BCUT2D eigenvalue weighted by atomic mass is 10.2. The zero-order valence-electron chi connectivity index (χ0n) is 12.0. The van der Waals surface area contributed by atoms with Crippen LogP contribution in [0.15, 0.2) is 34.0 Å². The molecule has 0 radical (unpaired) electrons. The van der Waals surface area contributed by atoms with E-state index >= 15 is 0 Å². The van der Waals surface area contributed by atoms with Gasteiger partial charge in [0, 0.05) is 18.1 Å². The highest BCUT2D eigenvalue weighted by Crippen LogP contribution is 2.38. The normalized spacial score (nSPS) is 12.1. The first-order valence-corrected chi connectivity index (χ1v) is 8.18. The fourth-order valence-corrected chi connectivity index (χ4v) is 3.02. The van der Waals surface area contributed by atoms with Gasteiger partial charge in [-0.1, -0.05) is 34.8 Å². The lowest BCUT2D eigenvalue weighted by molar-refractivity contribution is -0.137. The largest absolute Gasteiger partial charge is 0.416 e. The van der Waals surface area contributed by atoms with Crippen molar-refractivity contribution in [2.75, 3.05) is 0 Å². The lowest BCUT2D eigenvalue weighted by Gasteiger charge is -2.15. The van der Waals surface area contributed by atoms with Gasteiger partial charge < -0.3 is 0 Å². The van der Waals surface area contributed by atoms with Crippen molar-refractivity contribution in [3.8, 4) is 11.8 Å². The molecule has 1 heterocycles. The lowest BCUT2D eigenvalue weighted by Crippen LogP contribution is -2.38. The molecule has 0 saturated heterocycles. The summed E-state index contributed by atoms with van der Waals surface area (Å²) in [6.45, 7) is 0. The molecule has 0 aliphatic carbocycles. The summed E-state index contributed by atoms with van der Waals surface area (Å²) >= 11 is 16.7. The van der Waals surface area contributed by atoms with Crippen LogP contribution in [0.2, 0.25) is 0 Å². The number of nitriles is 1. The summed E-state index contributed by atoms with van der Waals surface area (Å²) in [5.41, 5.74) is -4.89. The molecule has 0 atom stereocenters. The molecule has 5 nitrogen and oxygen atoms in total. The highest BCUT2D eigenvalue weighted by Gasteiger charge is 2.32. The van der Waals surface area contributed by atoms with Crippen molar-refractivity contribution < 1.29 is 17.6 Å². The van der Waals surface area contributed by atoms with Crippen LogP contribution in [0.4, 0.5) is 17.6 Å². The summed E-state index contributed by atoms with van der Waals surface area (Å²) < 4.78 is 50.6. The molecule has 0 spiro atoms. The van der Waals surface area contributed by atoms with Crippen molar-refractivity contribution in [2.45, 2.75) is 9.30 Å². The van der Waals surface area contributed by atoms with E-state index in [-0.39, 0.29) is 18.0 Å². The Morgan fingerprint density at radius 3 is 2.23 bits per heavy atom. The molecule has 0 saturated carbocycles. The zero-order chi connectivity index (χ0) is 19.9. The Bertz CT molecular complexity index is 1020. The molecule has 1 aromatic heterocycles. The van der Waals surface area contributed by atoms with Crippen molar-refractivity contribution in [3.05, 3.63) is 62.2 Å². The Balaban J connectivity index is 2.76. The molecule has 1 aromatic carbocycles. The van der Waals surface area contributed by atoms with Crippen molar-refractivity contribution >= 4 is 46.8 Å². The van der Waals surface area contributed by atoms with Gasteiger partial charge in [-0.25, -0.2) is 9.18 Å². The first-order chi connectivity index (χ1) is 11.8. The first kappa shape index (κ1) is 20.6. The molecule has 26 heavy (non-hydrogen) atoms. The van der Waals surface area contributed by atoms with Crippen LogP contribution in [0.5, 0.6) is 0 Å². The SMILES string of the molecule is N#Cc1cn(-c2ccc(C(F)(F)F)cc2F)c(=O)n(SC(Cl)(Cl)Cl)c1=O. The third-order valence-corrected chi connectivity index (χ3v) is 4.24.